The van der Waals surface area contributed by atoms with E-state index in [1.54, 1.807) is 18.2 Å². The molecule has 0 saturated heterocycles. The van der Waals surface area contributed by atoms with Crippen LogP contribution in [0.15, 0.2) is 18.2 Å². The molecule has 4 nitrogen and oxygen atoms in total. The molecule has 1 heterocycles. The Bertz CT molecular complexity index is 423. The van der Waals surface area contributed by atoms with Crippen LogP contribution in [-0.4, -0.2) is 18.5 Å². The van der Waals surface area contributed by atoms with Crippen LogP contribution >= 0.6 is 0 Å². The van der Waals surface area contributed by atoms with Gasteiger partial charge in [-0.2, -0.15) is 0 Å². The van der Waals surface area contributed by atoms with Gasteiger partial charge in [0.25, 0.3) is 0 Å². The number of benzene rings is 1. The standard InChI is InChI=1S/C11H10O4/c1-2-6-14-8-5-3-4-7-9(8)11(13)15-10(7)12/h3-5H,2,6H2,1H3. The first kappa shape index (κ1) is 9.71. The van der Waals surface area contributed by atoms with Crippen molar-refractivity contribution >= 4 is 11.9 Å². The normalized spacial score (nSPS) is 13.7. The predicted octanol–water partition coefficient (Wildman–Crippen LogP) is 1.79. The number of hydrogen-bond acceptors (Lipinski definition) is 4. The third-order valence-electron chi connectivity index (χ3n) is 2.10. The Kier molecular flexibility index (Phi) is 2.41. The molecule has 0 bridgehead atoms. The molecule has 0 aromatic heterocycles. The molecule has 0 fully saturated rings. The van der Waals surface area contributed by atoms with Gasteiger partial charge in [-0.05, 0) is 18.6 Å². The van der Waals surface area contributed by atoms with Crippen molar-refractivity contribution in [2.45, 2.75) is 13.3 Å². The lowest BCUT2D eigenvalue weighted by atomic mass is 10.1. The summed E-state index contributed by atoms with van der Waals surface area (Å²) in [6.07, 6.45) is 0.840. The highest BCUT2D eigenvalue weighted by Gasteiger charge is 2.32. The maximum absolute atomic E-state index is 11.3. The average Bonchev–Trinajstić information content (AvgIpc) is 2.53. The molecular formula is C11H10O4. The van der Waals surface area contributed by atoms with Gasteiger partial charge >= 0.3 is 11.9 Å². The van der Waals surface area contributed by atoms with Crippen molar-refractivity contribution in [3.05, 3.63) is 29.3 Å². The summed E-state index contributed by atoms with van der Waals surface area (Å²) < 4.78 is 9.86. The molecular weight excluding hydrogens is 196 g/mol. The Morgan fingerprint density at radius 3 is 2.80 bits per heavy atom. The van der Waals surface area contributed by atoms with Crippen molar-refractivity contribution in [1.29, 1.82) is 0 Å². The second-order valence-corrected chi connectivity index (χ2v) is 3.20. The maximum atomic E-state index is 11.3. The molecule has 0 N–H and O–H groups in total. The summed E-state index contributed by atoms with van der Waals surface area (Å²) in [4.78, 5) is 22.5. The quantitative estimate of drug-likeness (QED) is 0.558. The third kappa shape index (κ3) is 1.58. The Balaban J connectivity index is 2.41. The van der Waals surface area contributed by atoms with Crippen molar-refractivity contribution in [2.24, 2.45) is 0 Å². The van der Waals surface area contributed by atoms with E-state index in [1.165, 1.54) is 0 Å². The molecule has 78 valence electrons. The SMILES string of the molecule is CCCOc1cccc2c1C(=O)OC2=O. The first-order valence-corrected chi connectivity index (χ1v) is 4.76. The zero-order valence-electron chi connectivity index (χ0n) is 8.28. The molecule has 0 unspecified atom stereocenters. The van der Waals surface area contributed by atoms with Crippen molar-refractivity contribution in [3.63, 3.8) is 0 Å². The second kappa shape index (κ2) is 3.73. The van der Waals surface area contributed by atoms with Gasteiger partial charge in [0.1, 0.15) is 11.3 Å². The van der Waals surface area contributed by atoms with Crippen LogP contribution in [0.1, 0.15) is 34.1 Å². The number of hydrogen-bond donors (Lipinski definition) is 0. The van der Waals surface area contributed by atoms with Crippen LogP contribution in [0, 0.1) is 0 Å². The first-order valence-electron chi connectivity index (χ1n) is 4.76. The van der Waals surface area contributed by atoms with E-state index in [9.17, 15) is 9.59 Å². The van der Waals surface area contributed by atoms with Gasteiger partial charge in [-0.25, -0.2) is 9.59 Å². The van der Waals surface area contributed by atoms with E-state index in [1.807, 2.05) is 6.92 Å². The summed E-state index contributed by atoms with van der Waals surface area (Å²) in [5.41, 5.74) is 0.532. The van der Waals surface area contributed by atoms with E-state index in [0.29, 0.717) is 12.4 Å². The molecule has 0 aliphatic carbocycles. The number of rotatable bonds is 3. The number of fused-ring (bicyclic) bond motifs is 1. The summed E-state index contributed by atoms with van der Waals surface area (Å²) in [7, 11) is 0. The molecule has 1 aromatic carbocycles. The summed E-state index contributed by atoms with van der Waals surface area (Å²) in [5, 5.41) is 0. The van der Waals surface area contributed by atoms with Gasteiger partial charge in [-0.3, -0.25) is 0 Å². The van der Waals surface area contributed by atoms with E-state index >= 15 is 0 Å². The molecule has 0 spiro atoms. The minimum absolute atomic E-state index is 0.246. The van der Waals surface area contributed by atoms with E-state index in [2.05, 4.69) is 4.74 Å². The lowest BCUT2D eigenvalue weighted by molar-refractivity contribution is 0.0442. The van der Waals surface area contributed by atoms with Gasteiger partial charge in [-0.1, -0.05) is 13.0 Å². The highest BCUT2D eigenvalue weighted by Crippen LogP contribution is 2.28. The fourth-order valence-corrected chi connectivity index (χ4v) is 1.43. The Hall–Kier alpha value is -1.84. The predicted molar refractivity (Wildman–Crippen MR) is 52.0 cm³/mol. The molecule has 1 aromatic rings. The van der Waals surface area contributed by atoms with E-state index in [-0.39, 0.29) is 11.1 Å². The maximum Gasteiger partial charge on any atom is 0.350 e. The van der Waals surface area contributed by atoms with Crippen LogP contribution in [0.5, 0.6) is 5.75 Å². The zero-order valence-corrected chi connectivity index (χ0v) is 8.28. The van der Waals surface area contributed by atoms with Gasteiger partial charge in [0.15, 0.2) is 0 Å². The number of carbonyl (C=O) groups excluding carboxylic acids is 2. The van der Waals surface area contributed by atoms with Gasteiger partial charge in [0, 0.05) is 0 Å². The molecule has 0 atom stereocenters. The smallest absolute Gasteiger partial charge is 0.350 e. The Morgan fingerprint density at radius 2 is 2.07 bits per heavy atom. The van der Waals surface area contributed by atoms with E-state index < -0.39 is 11.9 Å². The fraction of sp³-hybridized carbons (Fsp3) is 0.273. The molecule has 15 heavy (non-hydrogen) atoms. The molecule has 4 heteroatoms. The Morgan fingerprint density at radius 1 is 1.27 bits per heavy atom. The largest absolute Gasteiger partial charge is 0.493 e. The molecule has 2 rings (SSSR count). The van der Waals surface area contributed by atoms with Crippen LogP contribution in [0.3, 0.4) is 0 Å². The van der Waals surface area contributed by atoms with Gasteiger partial charge in [0.2, 0.25) is 0 Å². The number of ether oxygens (including phenoxy) is 2. The minimum atomic E-state index is -0.623. The monoisotopic (exact) mass is 206 g/mol. The number of cyclic esters (lactones) is 2. The van der Waals surface area contributed by atoms with E-state index in [4.69, 9.17) is 4.74 Å². The molecule has 1 aliphatic heterocycles. The first-order chi connectivity index (χ1) is 7.24. The van der Waals surface area contributed by atoms with Crippen LogP contribution in [0.25, 0.3) is 0 Å². The summed E-state index contributed by atoms with van der Waals surface area (Å²) in [6, 6.07) is 4.89. The molecule has 0 radical (unpaired) electrons. The lowest BCUT2D eigenvalue weighted by Crippen LogP contribution is -2.02. The molecule has 1 aliphatic rings. The van der Waals surface area contributed by atoms with Crippen LogP contribution in [0.2, 0.25) is 0 Å². The van der Waals surface area contributed by atoms with Gasteiger partial charge in [-0.15, -0.1) is 0 Å². The molecule has 0 saturated carbocycles. The number of carbonyl (C=O) groups is 2. The van der Waals surface area contributed by atoms with Crippen molar-refractivity contribution in [3.8, 4) is 5.75 Å². The summed E-state index contributed by atoms with van der Waals surface area (Å²) >= 11 is 0. The van der Waals surface area contributed by atoms with Crippen LogP contribution in [-0.2, 0) is 4.74 Å². The fourth-order valence-electron chi connectivity index (χ4n) is 1.43. The van der Waals surface area contributed by atoms with E-state index in [0.717, 1.165) is 6.42 Å². The summed E-state index contributed by atoms with van der Waals surface area (Å²) in [5.74, 6) is -0.802. The molecule has 0 amide bonds. The average molecular weight is 206 g/mol. The summed E-state index contributed by atoms with van der Waals surface area (Å²) in [6.45, 7) is 2.48. The van der Waals surface area contributed by atoms with Gasteiger partial charge in [0.05, 0.1) is 12.2 Å². The topological polar surface area (TPSA) is 52.6 Å². The van der Waals surface area contributed by atoms with Crippen LogP contribution < -0.4 is 4.74 Å². The van der Waals surface area contributed by atoms with Gasteiger partial charge < -0.3 is 9.47 Å². The van der Waals surface area contributed by atoms with Crippen molar-refractivity contribution < 1.29 is 19.1 Å². The third-order valence-corrected chi connectivity index (χ3v) is 2.10. The highest BCUT2D eigenvalue weighted by molar-refractivity contribution is 6.16. The van der Waals surface area contributed by atoms with Crippen molar-refractivity contribution in [1.82, 2.24) is 0 Å². The lowest BCUT2D eigenvalue weighted by Gasteiger charge is -2.06. The second-order valence-electron chi connectivity index (χ2n) is 3.20. The highest BCUT2D eigenvalue weighted by atomic mass is 16.6. The number of esters is 2. The van der Waals surface area contributed by atoms with Crippen LogP contribution in [0.4, 0.5) is 0 Å². The minimum Gasteiger partial charge on any atom is -0.493 e. The zero-order chi connectivity index (χ0) is 10.8. The van der Waals surface area contributed by atoms with Crippen molar-refractivity contribution in [2.75, 3.05) is 6.61 Å². The Labute approximate surface area is 86.8 Å².